The molecule has 7 nitrogen and oxygen atoms in total. The smallest absolute Gasteiger partial charge is 0.255 e. The molecular weight excluding hydrogens is 448 g/mol. The molecule has 3 N–H and O–H groups in total. The van der Waals surface area contributed by atoms with Gasteiger partial charge in [0.2, 0.25) is 0 Å². The van der Waals surface area contributed by atoms with Gasteiger partial charge < -0.3 is 16.0 Å². The Hall–Kier alpha value is -5.40. The van der Waals surface area contributed by atoms with Crippen LogP contribution in [0.3, 0.4) is 0 Å². The number of para-hydroxylation sites is 1. The van der Waals surface area contributed by atoms with Gasteiger partial charge in [-0.15, -0.1) is 6.42 Å². The summed E-state index contributed by atoms with van der Waals surface area (Å²) in [7, 11) is 1.67. The highest BCUT2D eigenvalue weighted by molar-refractivity contribution is 6.04. The number of anilines is 4. The number of aliphatic imine (C=N–C) groups is 1. The molecule has 174 valence electrons. The minimum atomic E-state index is -0.226. The number of fused-ring (bicyclic) bond motifs is 1. The Morgan fingerprint density at radius 2 is 1.64 bits per heavy atom. The van der Waals surface area contributed by atoms with Crippen LogP contribution in [0.4, 0.5) is 22.7 Å². The molecule has 0 aliphatic carbocycles. The predicted octanol–water partition coefficient (Wildman–Crippen LogP) is 5.73. The summed E-state index contributed by atoms with van der Waals surface area (Å²) in [6.07, 6.45) is 8.81. The molecule has 4 aromatic rings. The maximum atomic E-state index is 12.7. The molecule has 3 aromatic carbocycles. The van der Waals surface area contributed by atoms with Crippen molar-refractivity contribution in [3.8, 4) is 18.4 Å². The molecule has 1 heterocycles. The summed E-state index contributed by atoms with van der Waals surface area (Å²) in [5, 5.41) is 19.4. The first-order chi connectivity index (χ1) is 17.6. The Bertz CT molecular complexity index is 1540. The SMILES string of the molecule is C#C/C(=C\C=NC)Nc1ccc(NC(=O)c2ccc(Nc3cccc4ccc(C#N)nc34)cc2)cc1. The lowest BCUT2D eigenvalue weighted by molar-refractivity contribution is 0.102. The summed E-state index contributed by atoms with van der Waals surface area (Å²) < 4.78 is 0. The highest BCUT2D eigenvalue weighted by Crippen LogP contribution is 2.25. The third kappa shape index (κ3) is 5.74. The van der Waals surface area contributed by atoms with Crippen LogP contribution in [0.5, 0.6) is 0 Å². The summed E-state index contributed by atoms with van der Waals surface area (Å²) >= 11 is 0. The van der Waals surface area contributed by atoms with Gasteiger partial charge in [-0.3, -0.25) is 9.79 Å². The number of nitrogens with one attached hydrogen (secondary N) is 3. The molecule has 0 spiro atoms. The molecule has 0 unspecified atom stereocenters. The standard InChI is InChI=1S/C29H22N6O/c1-3-22(17-18-31-2)32-23-13-15-25(16-14-23)35-29(36)21-8-10-24(11-9-21)33-27-6-4-5-20-7-12-26(19-30)34-28(20)27/h1,4-18,32-33H,2H3,(H,35,36)/b22-17+,31-18?. The van der Waals surface area contributed by atoms with Gasteiger partial charge in [-0.05, 0) is 72.8 Å². The maximum absolute atomic E-state index is 12.7. The zero-order valence-corrected chi connectivity index (χ0v) is 19.5. The first-order valence-corrected chi connectivity index (χ1v) is 11.0. The first-order valence-electron chi connectivity index (χ1n) is 11.0. The van der Waals surface area contributed by atoms with Crippen molar-refractivity contribution in [3.63, 3.8) is 0 Å². The van der Waals surface area contributed by atoms with Crippen LogP contribution in [0.25, 0.3) is 10.9 Å². The lowest BCUT2D eigenvalue weighted by atomic mass is 10.1. The van der Waals surface area contributed by atoms with E-state index in [1.165, 1.54) is 0 Å². The van der Waals surface area contributed by atoms with Gasteiger partial charge in [-0.2, -0.15) is 5.26 Å². The van der Waals surface area contributed by atoms with Crippen molar-refractivity contribution in [2.75, 3.05) is 23.0 Å². The quantitative estimate of drug-likeness (QED) is 0.236. The van der Waals surface area contributed by atoms with Gasteiger partial charge >= 0.3 is 0 Å². The van der Waals surface area contributed by atoms with Gasteiger partial charge in [0.05, 0.1) is 16.9 Å². The normalized spacial score (nSPS) is 11.0. The molecule has 7 heteroatoms. The van der Waals surface area contributed by atoms with Crippen molar-refractivity contribution in [3.05, 3.63) is 102 Å². The van der Waals surface area contributed by atoms with Crippen LogP contribution >= 0.6 is 0 Å². The molecule has 0 saturated heterocycles. The van der Waals surface area contributed by atoms with E-state index >= 15 is 0 Å². The number of nitrogens with zero attached hydrogens (tertiary/aromatic N) is 3. The highest BCUT2D eigenvalue weighted by atomic mass is 16.1. The fourth-order valence-corrected chi connectivity index (χ4v) is 3.44. The monoisotopic (exact) mass is 470 g/mol. The number of terminal acetylenes is 1. The molecule has 0 atom stereocenters. The van der Waals surface area contributed by atoms with E-state index < -0.39 is 0 Å². The van der Waals surface area contributed by atoms with E-state index in [9.17, 15) is 4.79 Å². The van der Waals surface area contributed by atoms with Gasteiger partial charge in [0.1, 0.15) is 11.8 Å². The van der Waals surface area contributed by atoms with Crippen LogP contribution in [0, 0.1) is 23.7 Å². The van der Waals surface area contributed by atoms with E-state index in [1.807, 2.05) is 48.5 Å². The van der Waals surface area contributed by atoms with E-state index in [0.29, 0.717) is 28.2 Å². The van der Waals surface area contributed by atoms with Crippen LogP contribution in [0.15, 0.2) is 95.6 Å². The number of allylic oxidation sites excluding steroid dienone is 2. The van der Waals surface area contributed by atoms with E-state index in [-0.39, 0.29) is 5.91 Å². The lowest BCUT2D eigenvalue weighted by Gasteiger charge is -2.11. The molecule has 1 aromatic heterocycles. The maximum Gasteiger partial charge on any atom is 0.255 e. The number of aromatic nitrogens is 1. The second-order valence-electron chi connectivity index (χ2n) is 7.68. The summed E-state index contributed by atoms with van der Waals surface area (Å²) in [6.45, 7) is 0. The van der Waals surface area contributed by atoms with Crippen molar-refractivity contribution < 1.29 is 4.79 Å². The minimum Gasteiger partial charge on any atom is -0.354 e. The lowest BCUT2D eigenvalue weighted by Crippen LogP contribution is -2.11. The molecule has 4 rings (SSSR count). The van der Waals surface area contributed by atoms with Gasteiger partial charge in [0, 0.05) is 41.3 Å². The van der Waals surface area contributed by atoms with Gasteiger partial charge in [0.25, 0.3) is 5.91 Å². The van der Waals surface area contributed by atoms with Crippen molar-refractivity contribution in [1.82, 2.24) is 4.98 Å². The van der Waals surface area contributed by atoms with Crippen molar-refractivity contribution in [2.24, 2.45) is 4.99 Å². The average molecular weight is 471 g/mol. The third-order valence-electron chi connectivity index (χ3n) is 5.23. The first kappa shape index (κ1) is 23.7. The fourth-order valence-electron chi connectivity index (χ4n) is 3.44. The molecule has 0 radical (unpaired) electrons. The van der Waals surface area contributed by atoms with Crippen molar-refractivity contribution in [2.45, 2.75) is 0 Å². The van der Waals surface area contributed by atoms with E-state index in [2.05, 4.69) is 37.9 Å². The number of carbonyl (C=O) groups excluding carboxylic acids is 1. The second kappa shape index (κ2) is 11.1. The number of rotatable bonds is 7. The summed E-state index contributed by atoms with van der Waals surface area (Å²) in [6, 6.07) is 25.8. The Labute approximate surface area is 209 Å². The molecular formula is C29H22N6O. The largest absolute Gasteiger partial charge is 0.354 e. The average Bonchev–Trinajstić information content (AvgIpc) is 2.92. The van der Waals surface area contributed by atoms with E-state index in [4.69, 9.17) is 11.7 Å². The van der Waals surface area contributed by atoms with Crippen LogP contribution in [0.1, 0.15) is 16.1 Å². The minimum absolute atomic E-state index is 0.226. The van der Waals surface area contributed by atoms with E-state index in [1.54, 1.807) is 49.7 Å². The van der Waals surface area contributed by atoms with E-state index in [0.717, 1.165) is 22.4 Å². The number of benzene rings is 3. The van der Waals surface area contributed by atoms with Crippen LogP contribution in [0.2, 0.25) is 0 Å². The van der Waals surface area contributed by atoms with Crippen molar-refractivity contribution >= 4 is 45.8 Å². The third-order valence-corrected chi connectivity index (χ3v) is 5.23. The summed E-state index contributed by atoms with van der Waals surface area (Å²) in [4.78, 5) is 21.0. The number of pyridine rings is 1. The summed E-state index contributed by atoms with van der Waals surface area (Å²) in [5.41, 5.74) is 5.18. The number of amides is 1. The number of hydrogen-bond acceptors (Lipinski definition) is 6. The fraction of sp³-hybridized carbons (Fsp3) is 0.0345. The molecule has 0 bridgehead atoms. The van der Waals surface area contributed by atoms with Crippen LogP contribution in [-0.2, 0) is 0 Å². The number of nitriles is 1. The number of hydrogen-bond donors (Lipinski definition) is 3. The van der Waals surface area contributed by atoms with Gasteiger partial charge in [-0.1, -0.05) is 18.1 Å². The molecule has 0 saturated carbocycles. The highest BCUT2D eigenvalue weighted by Gasteiger charge is 2.08. The Morgan fingerprint density at radius 3 is 2.31 bits per heavy atom. The molecule has 36 heavy (non-hydrogen) atoms. The Balaban J connectivity index is 1.42. The van der Waals surface area contributed by atoms with Crippen LogP contribution in [-0.4, -0.2) is 24.2 Å². The topological polar surface area (TPSA) is 102 Å². The summed E-state index contributed by atoms with van der Waals surface area (Å²) in [5.74, 6) is 2.33. The number of carbonyl (C=O) groups is 1. The van der Waals surface area contributed by atoms with Gasteiger partial charge in [0.15, 0.2) is 0 Å². The Morgan fingerprint density at radius 1 is 0.944 bits per heavy atom. The molecule has 1 amide bonds. The molecule has 0 fully saturated rings. The van der Waals surface area contributed by atoms with Crippen molar-refractivity contribution in [1.29, 1.82) is 5.26 Å². The molecule has 0 aliphatic rings. The Kier molecular flexibility index (Phi) is 7.35. The molecule has 0 aliphatic heterocycles. The van der Waals surface area contributed by atoms with Gasteiger partial charge in [-0.25, -0.2) is 4.98 Å². The predicted molar refractivity (Wildman–Crippen MR) is 146 cm³/mol. The van der Waals surface area contributed by atoms with Crippen LogP contribution < -0.4 is 16.0 Å². The zero-order chi connectivity index (χ0) is 25.3. The second-order valence-corrected chi connectivity index (χ2v) is 7.68. The zero-order valence-electron chi connectivity index (χ0n) is 19.5.